The SMILES string of the molecule is CCC1COC(C2CCC(CCc3ccc(OC(F)F)c(Cl)c3)CC2)OC1. The van der Waals surface area contributed by atoms with Crippen LogP contribution in [0.2, 0.25) is 5.02 Å². The van der Waals surface area contributed by atoms with Crippen LogP contribution in [0.3, 0.4) is 0 Å². The maximum Gasteiger partial charge on any atom is 0.387 e. The molecule has 0 spiro atoms. The van der Waals surface area contributed by atoms with Crippen LogP contribution in [0.25, 0.3) is 0 Å². The fraction of sp³-hybridized carbons (Fsp3) is 0.714. The third kappa shape index (κ3) is 6.03. The molecule has 1 aliphatic carbocycles. The van der Waals surface area contributed by atoms with Gasteiger partial charge in [-0.25, -0.2) is 0 Å². The lowest BCUT2D eigenvalue weighted by Crippen LogP contribution is -2.38. The molecule has 1 aliphatic heterocycles. The standard InChI is InChI=1S/C21H29ClF2O3/c1-2-14-12-25-20(26-13-14)17-8-5-15(6-9-17)3-4-16-7-10-19(18(22)11-16)27-21(23)24/h7,10-11,14-15,17,20-21H,2-6,8-9,12-13H2,1H3. The summed E-state index contributed by atoms with van der Waals surface area (Å²) in [5.41, 5.74) is 1.06. The van der Waals surface area contributed by atoms with Gasteiger partial charge in [0.25, 0.3) is 0 Å². The van der Waals surface area contributed by atoms with Gasteiger partial charge in [0.1, 0.15) is 5.75 Å². The maximum absolute atomic E-state index is 12.3. The molecule has 1 aromatic rings. The summed E-state index contributed by atoms with van der Waals surface area (Å²) in [6.07, 6.45) is 7.74. The van der Waals surface area contributed by atoms with Crippen molar-refractivity contribution in [3.05, 3.63) is 28.8 Å². The van der Waals surface area contributed by atoms with Gasteiger partial charge in [0.2, 0.25) is 0 Å². The van der Waals surface area contributed by atoms with E-state index in [1.54, 1.807) is 6.07 Å². The van der Waals surface area contributed by atoms with Crippen molar-refractivity contribution in [3.8, 4) is 5.75 Å². The monoisotopic (exact) mass is 402 g/mol. The van der Waals surface area contributed by atoms with Crippen molar-refractivity contribution in [2.45, 2.75) is 64.8 Å². The van der Waals surface area contributed by atoms with Crippen LogP contribution >= 0.6 is 11.6 Å². The predicted molar refractivity (Wildman–Crippen MR) is 101 cm³/mol. The van der Waals surface area contributed by atoms with E-state index >= 15 is 0 Å². The van der Waals surface area contributed by atoms with Crippen LogP contribution in [0.15, 0.2) is 18.2 Å². The molecule has 3 rings (SSSR count). The molecule has 0 amide bonds. The molecule has 1 aromatic carbocycles. The minimum Gasteiger partial charge on any atom is -0.433 e. The van der Waals surface area contributed by atoms with Crippen molar-refractivity contribution < 1.29 is 23.0 Å². The summed E-state index contributed by atoms with van der Waals surface area (Å²) >= 11 is 6.03. The largest absolute Gasteiger partial charge is 0.433 e. The lowest BCUT2D eigenvalue weighted by atomic mass is 9.79. The number of halogens is 3. The summed E-state index contributed by atoms with van der Waals surface area (Å²) in [6, 6.07) is 5.09. The van der Waals surface area contributed by atoms with Crippen LogP contribution in [-0.4, -0.2) is 26.1 Å². The predicted octanol–water partition coefficient (Wildman–Crippen LogP) is 6.08. The highest BCUT2D eigenvalue weighted by Crippen LogP contribution is 2.36. The Kier molecular flexibility index (Phi) is 7.74. The molecule has 0 radical (unpaired) electrons. The highest BCUT2D eigenvalue weighted by atomic mass is 35.5. The van der Waals surface area contributed by atoms with Crippen molar-refractivity contribution in [1.82, 2.24) is 0 Å². The second-order valence-corrected chi connectivity index (χ2v) is 8.18. The molecule has 0 N–H and O–H groups in total. The first-order valence-corrected chi connectivity index (χ1v) is 10.4. The summed E-state index contributed by atoms with van der Waals surface area (Å²) in [5, 5.41) is 0.244. The zero-order chi connectivity index (χ0) is 19.2. The quantitative estimate of drug-likeness (QED) is 0.553. The van der Waals surface area contributed by atoms with Gasteiger partial charge >= 0.3 is 6.61 Å². The summed E-state index contributed by atoms with van der Waals surface area (Å²) in [6.45, 7) is 0.976. The van der Waals surface area contributed by atoms with Crippen LogP contribution in [0.1, 0.15) is 51.0 Å². The van der Waals surface area contributed by atoms with E-state index in [4.69, 9.17) is 21.1 Å². The second kappa shape index (κ2) is 10.0. The molecule has 0 aromatic heterocycles. The Morgan fingerprint density at radius 1 is 1.11 bits per heavy atom. The number of benzene rings is 1. The Morgan fingerprint density at radius 2 is 1.81 bits per heavy atom. The van der Waals surface area contributed by atoms with Crippen LogP contribution in [0.5, 0.6) is 5.75 Å². The molecular formula is C21H29ClF2O3. The number of aryl methyl sites for hydroxylation is 1. The highest BCUT2D eigenvalue weighted by molar-refractivity contribution is 6.32. The van der Waals surface area contributed by atoms with Crippen LogP contribution in [0, 0.1) is 17.8 Å². The van der Waals surface area contributed by atoms with Crippen LogP contribution in [-0.2, 0) is 15.9 Å². The average molecular weight is 403 g/mol. The fourth-order valence-corrected chi connectivity index (χ4v) is 4.32. The third-order valence-electron chi connectivity index (χ3n) is 5.90. The van der Waals surface area contributed by atoms with E-state index in [0.29, 0.717) is 17.8 Å². The first-order valence-electron chi connectivity index (χ1n) is 10.0. The van der Waals surface area contributed by atoms with E-state index in [9.17, 15) is 8.78 Å². The Bertz CT molecular complexity index is 583. The van der Waals surface area contributed by atoms with Crippen molar-refractivity contribution in [3.63, 3.8) is 0 Å². The molecule has 0 bridgehead atoms. The van der Waals surface area contributed by atoms with Gasteiger partial charge in [-0.15, -0.1) is 0 Å². The molecule has 0 atom stereocenters. The molecule has 1 saturated carbocycles. The van der Waals surface area contributed by atoms with Crippen LogP contribution in [0.4, 0.5) is 8.78 Å². The van der Waals surface area contributed by atoms with Gasteiger partial charge in [-0.1, -0.05) is 24.6 Å². The van der Waals surface area contributed by atoms with Gasteiger partial charge in [-0.3, -0.25) is 0 Å². The summed E-state index contributed by atoms with van der Waals surface area (Å²) < 4.78 is 40.9. The van der Waals surface area contributed by atoms with E-state index in [1.165, 1.54) is 18.9 Å². The zero-order valence-electron chi connectivity index (χ0n) is 15.8. The Hall–Kier alpha value is -0.910. The van der Waals surface area contributed by atoms with Gasteiger partial charge < -0.3 is 14.2 Å². The Labute approximate surface area is 165 Å². The number of ether oxygens (including phenoxy) is 3. The second-order valence-electron chi connectivity index (χ2n) is 7.77. The van der Waals surface area contributed by atoms with Crippen molar-refractivity contribution in [2.24, 2.45) is 17.8 Å². The highest BCUT2D eigenvalue weighted by Gasteiger charge is 2.32. The van der Waals surface area contributed by atoms with Gasteiger partial charge in [-0.05, 0) is 68.6 Å². The van der Waals surface area contributed by atoms with Crippen LogP contribution < -0.4 is 4.74 Å². The molecule has 0 unspecified atom stereocenters. The molecule has 1 heterocycles. The van der Waals surface area contributed by atoms with Gasteiger partial charge in [0.05, 0.1) is 18.2 Å². The van der Waals surface area contributed by atoms with E-state index < -0.39 is 6.61 Å². The summed E-state index contributed by atoms with van der Waals surface area (Å²) in [7, 11) is 0. The zero-order valence-corrected chi connectivity index (χ0v) is 16.6. The molecule has 2 aliphatic rings. The Morgan fingerprint density at radius 3 is 2.41 bits per heavy atom. The number of hydrogen-bond acceptors (Lipinski definition) is 3. The minimum absolute atomic E-state index is 0.0186. The molecule has 3 nitrogen and oxygen atoms in total. The van der Waals surface area contributed by atoms with Gasteiger partial charge in [0, 0.05) is 11.8 Å². The number of rotatable bonds is 7. The summed E-state index contributed by atoms with van der Waals surface area (Å²) in [4.78, 5) is 0. The minimum atomic E-state index is -2.85. The number of alkyl halides is 2. The Balaban J connectivity index is 1.40. The smallest absolute Gasteiger partial charge is 0.387 e. The molecular weight excluding hydrogens is 374 g/mol. The number of hydrogen-bond donors (Lipinski definition) is 0. The summed E-state index contributed by atoms with van der Waals surface area (Å²) in [5.74, 6) is 1.78. The van der Waals surface area contributed by atoms with Crippen molar-refractivity contribution >= 4 is 11.6 Å². The fourth-order valence-electron chi connectivity index (χ4n) is 4.08. The van der Waals surface area contributed by atoms with Crippen molar-refractivity contribution in [2.75, 3.05) is 13.2 Å². The molecule has 6 heteroatoms. The van der Waals surface area contributed by atoms with Gasteiger partial charge in [-0.2, -0.15) is 8.78 Å². The molecule has 27 heavy (non-hydrogen) atoms. The first kappa shape index (κ1) is 20.8. The lowest BCUT2D eigenvalue weighted by Gasteiger charge is -2.37. The van der Waals surface area contributed by atoms with E-state index in [-0.39, 0.29) is 17.1 Å². The molecule has 1 saturated heterocycles. The topological polar surface area (TPSA) is 27.7 Å². The van der Waals surface area contributed by atoms with E-state index in [0.717, 1.165) is 50.9 Å². The maximum atomic E-state index is 12.3. The van der Waals surface area contributed by atoms with E-state index in [2.05, 4.69) is 11.7 Å². The molecule has 152 valence electrons. The lowest BCUT2D eigenvalue weighted by molar-refractivity contribution is -0.229. The first-order chi connectivity index (χ1) is 13.0. The molecule has 2 fully saturated rings. The average Bonchev–Trinajstić information content (AvgIpc) is 2.68. The van der Waals surface area contributed by atoms with E-state index in [1.807, 2.05) is 6.07 Å². The normalized spacial score (nSPS) is 29.1. The van der Waals surface area contributed by atoms with Crippen molar-refractivity contribution in [1.29, 1.82) is 0 Å². The third-order valence-corrected chi connectivity index (χ3v) is 6.20. The van der Waals surface area contributed by atoms with Gasteiger partial charge in [0.15, 0.2) is 6.29 Å².